The molecule has 1 fully saturated rings. The lowest BCUT2D eigenvalue weighted by atomic mass is 10.1. The first-order valence-electron chi connectivity index (χ1n) is 9.45. The van der Waals surface area contributed by atoms with Crippen LogP contribution in [0.15, 0.2) is 48.0 Å². The van der Waals surface area contributed by atoms with Gasteiger partial charge in [0.2, 0.25) is 0 Å². The standard InChI is InChI=1S/C21H23FN4OS/c1-15-10-19(20(27)23-17-7-3-2-4-8-17)26(11-15)13-18-14-28-21(24-18)25-9-5-6-16(22)12-25/h2-4,7-8,10-11,14,16H,5-6,9,12-13H2,1H3,(H,23,27). The second-order valence-electron chi connectivity index (χ2n) is 7.16. The van der Waals surface area contributed by atoms with Crippen molar-refractivity contribution in [3.05, 3.63) is 64.9 Å². The van der Waals surface area contributed by atoms with E-state index < -0.39 is 6.17 Å². The number of rotatable bonds is 5. The summed E-state index contributed by atoms with van der Waals surface area (Å²) in [5, 5.41) is 5.78. The number of amides is 1. The summed E-state index contributed by atoms with van der Waals surface area (Å²) in [5.41, 5.74) is 3.26. The molecular formula is C21H23FN4OS. The number of piperidine rings is 1. The number of alkyl halides is 1. The Morgan fingerprint density at radius 2 is 2.18 bits per heavy atom. The zero-order chi connectivity index (χ0) is 19.5. The van der Waals surface area contributed by atoms with Gasteiger partial charge in [0.15, 0.2) is 5.13 Å². The van der Waals surface area contributed by atoms with E-state index in [-0.39, 0.29) is 5.91 Å². The Balaban J connectivity index is 1.49. The second kappa shape index (κ2) is 8.14. The van der Waals surface area contributed by atoms with Crippen molar-refractivity contribution in [3.8, 4) is 0 Å². The summed E-state index contributed by atoms with van der Waals surface area (Å²) in [7, 11) is 0. The Morgan fingerprint density at radius 3 is 2.96 bits per heavy atom. The molecule has 0 radical (unpaired) electrons. The normalized spacial score (nSPS) is 16.9. The lowest BCUT2D eigenvalue weighted by Crippen LogP contribution is -2.36. The minimum Gasteiger partial charge on any atom is -0.345 e. The fourth-order valence-corrected chi connectivity index (χ4v) is 4.34. The molecule has 1 aliphatic rings. The SMILES string of the molecule is Cc1cc(C(=O)Nc2ccccc2)n(Cc2csc(N3CCCC(F)C3)n2)c1. The number of benzene rings is 1. The topological polar surface area (TPSA) is 50.2 Å². The van der Waals surface area contributed by atoms with Crippen LogP contribution >= 0.6 is 11.3 Å². The van der Waals surface area contributed by atoms with Crippen LogP contribution in [0.3, 0.4) is 0 Å². The summed E-state index contributed by atoms with van der Waals surface area (Å²) in [6.45, 7) is 3.74. The van der Waals surface area contributed by atoms with Crippen molar-refractivity contribution in [1.82, 2.24) is 9.55 Å². The molecule has 1 atom stereocenters. The van der Waals surface area contributed by atoms with Crippen LogP contribution < -0.4 is 10.2 Å². The summed E-state index contributed by atoms with van der Waals surface area (Å²) in [5.74, 6) is -0.147. The highest BCUT2D eigenvalue weighted by molar-refractivity contribution is 7.13. The van der Waals surface area contributed by atoms with Gasteiger partial charge in [-0.3, -0.25) is 4.79 Å². The Labute approximate surface area is 167 Å². The number of anilines is 2. The van der Waals surface area contributed by atoms with E-state index in [0.717, 1.165) is 35.0 Å². The molecule has 1 aliphatic heterocycles. The van der Waals surface area contributed by atoms with Gasteiger partial charge in [-0.1, -0.05) is 18.2 Å². The number of nitrogens with one attached hydrogen (secondary N) is 1. The minimum absolute atomic E-state index is 0.147. The fraction of sp³-hybridized carbons (Fsp3) is 0.333. The first-order chi connectivity index (χ1) is 13.6. The maximum absolute atomic E-state index is 13.7. The highest BCUT2D eigenvalue weighted by Gasteiger charge is 2.22. The van der Waals surface area contributed by atoms with E-state index in [1.807, 2.05) is 64.4 Å². The van der Waals surface area contributed by atoms with E-state index in [4.69, 9.17) is 0 Å². The van der Waals surface area contributed by atoms with Crippen molar-refractivity contribution in [2.24, 2.45) is 0 Å². The van der Waals surface area contributed by atoms with Gasteiger partial charge in [-0.2, -0.15) is 0 Å². The average Bonchev–Trinajstić information content (AvgIpc) is 3.29. The average molecular weight is 399 g/mol. The molecule has 1 amide bonds. The van der Waals surface area contributed by atoms with Gasteiger partial charge in [0.1, 0.15) is 11.9 Å². The molecule has 146 valence electrons. The minimum atomic E-state index is -0.776. The molecule has 3 heterocycles. The molecular weight excluding hydrogens is 375 g/mol. The van der Waals surface area contributed by atoms with E-state index in [1.165, 1.54) is 11.3 Å². The summed E-state index contributed by atoms with van der Waals surface area (Å²) in [6, 6.07) is 11.3. The molecule has 7 heteroatoms. The zero-order valence-corrected chi connectivity index (χ0v) is 16.6. The molecule has 0 aliphatic carbocycles. The molecule has 0 bridgehead atoms. The van der Waals surface area contributed by atoms with Crippen LogP contribution in [0.1, 0.15) is 34.6 Å². The molecule has 1 unspecified atom stereocenters. The number of thiazole rings is 1. The quantitative estimate of drug-likeness (QED) is 0.689. The van der Waals surface area contributed by atoms with E-state index in [9.17, 15) is 9.18 Å². The Bertz CT molecular complexity index is 952. The van der Waals surface area contributed by atoms with Gasteiger partial charge in [0, 0.05) is 23.8 Å². The maximum atomic E-state index is 13.7. The van der Waals surface area contributed by atoms with E-state index in [1.54, 1.807) is 0 Å². The van der Waals surface area contributed by atoms with Crippen molar-refractivity contribution in [3.63, 3.8) is 0 Å². The molecule has 1 N–H and O–H groups in total. The van der Waals surface area contributed by atoms with E-state index in [0.29, 0.717) is 25.2 Å². The number of carbonyl (C=O) groups is 1. The summed E-state index contributed by atoms with van der Waals surface area (Å²) < 4.78 is 15.6. The first kappa shape index (κ1) is 18.7. The molecule has 0 spiro atoms. The number of nitrogens with zero attached hydrogens (tertiary/aromatic N) is 3. The molecule has 1 saturated heterocycles. The Hall–Kier alpha value is -2.67. The van der Waals surface area contributed by atoms with Crippen LogP contribution in [0.4, 0.5) is 15.2 Å². The number of carbonyl (C=O) groups excluding carboxylic acids is 1. The summed E-state index contributed by atoms with van der Waals surface area (Å²) >= 11 is 1.54. The van der Waals surface area contributed by atoms with E-state index in [2.05, 4.69) is 10.3 Å². The lowest BCUT2D eigenvalue weighted by Gasteiger charge is -2.28. The van der Waals surface area contributed by atoms with Crippen LogP contribution in [0, 0.1) is 6.92 Å². The molecule has 1 aromatic carbocycles. The number of para-hydroxylation sites is 1. The van der Waals surface area contributed by atoms with Crippen LogP contribution in [0.25, 0.3) is 0 Å². The molecule has 0 saturated carbocycles. The first-order valence-corrected chi connectivity index (χ1v) is 10.3. The van der Waals surface area contributed by atoms with Crippen LogP contribution in [-0.4, -0.2) is 34.7 Å². The van der Waals surface area contributed by atoms with Crippen molar-refractivity contribution in [2.45, 2.75) is 32.5 Å². The van der Waals surface area contributed by atoms with Gasteiger partial charge in [0.05, 0.1) is 18.8 Å². The van der Waals surface area contributed by atoms with Gasteiger partial charge in [-0.25, -0.2) is 9.37 Å². The molecule has 3 aromatic rings. The third kappa shape index (κ3) is 4.25. The predicted octanol–water partition coefficient (Wildman–Crippen LogP) is 4.49. The van der Waals surface area contributed by atoms with Gasteiger partial charge >= 0.3 is 0 Å². The molecule has 4 rings (SSSR count). The zero-order valence-electron chi connectivity index (χ0n) is 15.8. The monoisotopic (exact) mass is 398 g/mol. The van der Waals surface area contributed by atoms with E-state index >= 15 is 0 Å². The highest BCUT2D eigenvalue weighted by atomic mass is 32.1. The van der Waals surface area contributed by atoms with Crippen LogP contribution in [0.5, 0.6) is 0 Å². The van der Waals surface area contributed by atoms with Crippen molar-refractivity contribution in [2.75, 3.05) is 23.3 Å². The third-order valence-corrected chi connectivity index (χ3v) is 5.75. The summed E-state index contributed by atoms with van der Waals surface area (Å²) in [6.07, 6.45) is 2.67. The van der Waals surface area contributed by atoms with Crippen LogP contribution in [-0.2, 0) is 6.54 Å². The molecule has 28 heavy (non-hydrogen) atoms. The number of aromatic nitrogens is 2. The van der Waals surface area contributed by atoms with Crippen molar-refractivity contribution < 1.29 is 9.18 Å². The predicted molar refractivity (Wildman–Crippen MR) is 111 cm³/mol. The highest BCUT2D eigenvalue weighted by Crippen LogP contribution is 2.26. The largest absolute Gasteiger partial charge is 0.345 e. The van der Waals surface area contributed by atoms with Crippen LogP contribution in [0.2, 0.25) is 0 Å². The van der Waals surface area contributed by atoms with Gasteiger partial charge in [0.25, 0.3) is 5.91 Å². The number of hydrogen-bond donors (Lipinski definition) is 1. The Morgan fingerprint density at radius 1 is 1.36 bits per heavy atom. The van der Waals surface area contributed by atoms with Crippen molar-refractivity contribution in [1.29, 1.82) is 0 Å². The van der Waals surface area contributed by atoms with Crippen molar-refractivity contribution >= 4 is 28.1 Å². The number of halogens is 1. The molecule has 2 aromatic heterocycles. The van der Waals surface area contributed by atoms with Gasteiger partial charge in [-0.15, -0.1) is 11.3 Å². The Kier molecular flexibility index (Phi) is 5.43. The lowest BCUT2D eigenvalue weighted by molar-refractivity contribution is 0.101. The maximum Gasteiger partial charge on any atom is 0.272 e. The number of aryl methyl sites for hydroxylation is 1. The number of hydrogen-bond acceptors (Lipinski definition) is 4. The van der Waals surface area contributed by atoms with Gasteiger partial charge < -0.3 is 14.8 Å². The third-order valence-electron chi connectivity index (χ3n) is 4.80. The smallest absolute Gasteiger partial charge is 0.272 e. The fourth-order valence-electron chi connectivity index (χ4n) is 3.48. The molecule has 5 nitrogen and oxygen atoms in total. The van der Waals surface area contributed by atoms with Gasteiger partial charge in [-0.05, 0) is 43.5 Å². The summed E-state index contributed by atoms with van der Waals surface area (Å²) in [4.78, 5) is 19.4. The second-order valence-corrected chi connectivity index (χ2v) is 7.99.